The van der Waals surface area contributed by atoms with Crippen LogP contribution in [0.4, 0.5) is 11.4 Å². The number of nitrogens with zero attached hydrogens (tertiary/aromatic N) is 2. The van der Waals surface area contributed by atoms with E-state index in [1.807, 2.05) is 0 Å². The number of halogens is 3. The van der Waals surface area contributed by atoms with Crippen LogP contribution < -0.4 is 14.8 Å². The summed E-state index contributed by atoms with van der Waals surface area (Å²) in [4.78, 5) is 27.3. The highest BCUT2D eigenvalue weighted by Gasteiger charge is 2.17. The first-order chi connectivity index (χ1) is 16.8. The van der Waals surface area contributed by atoms with E-state index in [2.05, 4.69) is 10.3 Å². The van der Waals surface area contributed by atoms with Crippen LogP contribution in [0.1, 0.15) is 16.3 Å². The van der Waals surface area contributed by atoms with Gasteiger partial charge in [-0.2, -0.15) is 0 Å². The second-order valence-electron chi connectivity index (χ2n) is 6.97. The molecule has 4 rings (SSSR count). The number of carbonyl (C=O) groups excluding carboxylic acids is 1. The lowest BCUT2D eigenvalue weighted by Crippen LogP contribution is -2.11. The third kappa shape index (κ3) is 6.21. The van der Waals surface area contributed by atoms with Crippen molar-refractivity contribution in [3.63, 3.8) is 0 Å². The molecule has 35 heavy (non-hydrogen) atoms. The number of anilines is 1. The summed E-state index contributed by atoms with van der Waals surface area (Å²) >= 11 is 18.1. The molecule has 0 fully saturated rings. The van der Waals surface area contributed by atoms with Crippen molar-refractivity contribution in [1.82, 2.24) is 4.98 Å². The minimum Gasteiger partial charge on any atom is -0.483 e. The molecule has 0 aliphatic rings. The van der Waals surface area contributed by atoms with Gasteiger partial charge >= 0.3 is 0 Å². The minimum atomic E-state index is -0.633. The van der Waals surface area contributed by atoms with Crippen LogP contribution in [0, 0.1) is 10.1 Å². The molecular weight excluding hydrogens is 521 g/mol. The average Bonchev–Trinajstić information content (AvgIpc) is 3.28. The Morgan fingerprint density at radius 2 is 1.83 bits per heavy atom. The molecule has 1 N–H and O–H groups in total. The third-order valence-corrected chi connectivity index (χ3v) is 5.22. The van der Waals surface area contributed by atoms with Gasteiger partial charge in [0.15, 0.2) is 11.5 Å². The molecule has 0 unspecified atom stereocenters. The van der Waals surface area contributed by atoms with Gasteiger partial charge in [-0.1, -0.05) is 34.8 Å². The van der Waals surface area contributed by atoms with Crippen molar-refractivity contribution in [2.75, 3.05) is 5.32 Å². The van der Waals surface area contributed by atoms with Crippen molar-refractivity contribution in [3.8, 4) is 17.2 Å². The van der Waals surface area contributed by atoms with Crippen LogP contribution in [0.3, 0.4) is 0 Å². The number of nitro benzene ring substituents is 1. The second-order valence-corrected chi connectivity index (χ2v) is 8.22. The van der Waals surface area contributed by atoms with Gasteiger partial charge in [-0.05, 0) is 36.4 Å². The van der Waals surface area contributed by atoms with Crippen molar-refractivity contribution in [2.45, 2.75) is 6.61 Å². The van der Waals surface area contributed by atoms with Crippen LogP contribution in [0.5, 0.6) is 17.2 Å². The summed E-state index contributed by atoms with van der Waals surface area (Å²) < 4.78 is 16.7. The van der Waals surface area contributed by atoms with E-state index in [4.69, 9.17) is 48.7 Å². The van der Waals surface area contributed by atoms with Crippen LogP contribution in [0.15, 0.2) is 71.4 Å². The molecule has 1 amide bonds. The Labute approximate surface area is 213 Å². The summed E-state index contributed by atoms with van der Waals surface area (Å²) in [6.07, 6.45) is 3.02. The summed E-state index contributed by atoms with van der Waals surface area (Å²) in [7, 11) is 0. The van der Waals surface area contributed by atoms with Crippen LogP contribution in [-0.2, 0) is 6.61 Å². The lowest BCUT2D eigenvalue weighted by atomic mass is 10.2. The minimum absolute atomic E-state index is 0.0434. The molecule has 0 radical (unpaired) electrons. The quantitative estimate of drug-likeness (QED) is 0.188. The van der Waals surface area contributed by atoms with Gasteiger partial charge in [-0.25, -0.2) is 0 Å². The Balaban J connectivity index is 1.47. The van der Waals surface area contributed by atoms with Crippen molar-refractivity contribution in [2.24, 2.45) is 0 Å². The smallest absolute Gasteiger partial charge is 0.291 e. The Hall–Kier alpha value is -3.79. The normalized spacial score (nSPS) is 10.6. The number of amides is 1. The molecule has 2 heterocycles. The first-order valence-corrected chi connectivity index (χ1v) is 11.0. The van der Waals surface area contributed by atoms with Gasteiger partial charge in [0.1, 0.15) is 23.9 Å². The van der Waals surface area contributed by atoms with Crippen molar-refractivity contribution in [1.29, 1.82) is 0 Å². The van der Waals surface area contributed by atoms with Gasteiger partial charge in [0.2, 0.25) is 0 Å². The number of nitrogens with one attached hydrogen (secondary N) is 1. The molecule has 0 saturated heterocycles. The second kappa shape index (κ2) is 10.6. The van der Waals surface area contributed by atoms with E-state index in [1.54, 1.807) is 18.3 Å². The van der Waals surface area contributed by atoms with Gasteiger partial charge in [0.05, 0.1) is 32.9 Å². The monoisotopic (exact) mass is 533 g/mol. The highest BCUT2D eigenvalue weighted by molar-refractivity contribution is 6.40. The molecule has 2 aromatic heterocycles. The highest BCUT2D eigenvalue weighted by Crippen LogP contribution is 2.36. The summed E-state index contributed by atoms with van der Waals surface area (Å²) in [5, 5.41) is 14.7. The zero-order valence-corrected chi connectivity index (χ0v) is 19.8. The number of hydrogen-bond acceptors (Lipinski definition) is 7. The van der Waals surface area contributed by atoms with Crippen LogP contribution in [0.2, 0.25) is 15.1 Å². The average molecular weight is 535 g/mol. The predicted octanol–water partition coefficient (Wildman–Crippen LogP) is 7.17. The van der Waals surface area contributed by atoms with E-state index in [-0.39, 0.29) is 45.3 Å². The Bertz CT molecular complexity index is 1370. The Kier molecular flexibility index (Phi) is 7.40. The highest BCUT2D eigenvalue weighted by atomic mass is 35.5. The first-order valence-electron chi connectivity index (χ1n) is 9.83. The molecule has 0 bridgehead atoms. The SMILES string of the molecule is O=C(Nc1cc(Oc2cccnc2)cc([N+](=O)[O-])c1)c1ccc(COc2c(Cl)cc(Cl)cc2Cl)o1. The molecule has 9 nitrogen and oxygen atoms in total. The van der Waals surface area contributed by atoms with E-state index >= 15 is 0 Å². The van der Waals surface area contributed by atoms with Gasteiger partial charge in [-0.3, -0.25) is 19.9 Å². The topological polar surface area (TPSA) is 117 Å². The molecule has 4 aromatic rings. The zero-order valence-electron chi connectivity index (χ0n) is 17.5. The van der Waals surface area contributed by atoms with Crippen molar-refractivity contribution in [3.05, 3.63) is 104 Å². The number of nitro groups is 1. The maximum atomic E-state index is 12.7. The number of benzene rings is 2. The lowest BCUT2D eigenvalue weighted by molar-refractivity contribution is -0.384. The summed E-state index contributed by atoms with van der Waals surface area (Å²) in [5.74, 6) is 0.383. The van der Waals surface area contributed by atoms with E-state index in [9.17, 15) is 14.9 Å². The first kappa shape index (κ1) is 24.3. The number of pyridine rings is 1. The zero-order chi connectivity index (χ0) is 24.9. The summed E-state index contributed by atoms with van der Waals surface area (Å²) in [6.45, 7) is -0.0612. The largest absolute Gasteiger partial charge is 0.483 e. The number of carbonyl (C=O) groups is 1. The van der Waals surface area contributed by atoms with Crippen LogP contribution >= 0.6 is 34.8 Å². The lowest BCUT2D eigenvalue weighted by Gasteiger charge is -2.09. The summed E-state index contributed by atoms with van der Waals surface area (Å²) in [5.41, 5.74) is -0.135. The molecule has 0 spiro atoms. The van der Waals surface area contributed by atoms with E-state index in [1.165, 1.54) is 48.7 Å². The van der Waals surface area contributed by atoms with Crippen molar-refractivity contribution >= 4 is 52.1 Å². The van der Waals surface area contributed by atoms with Gasteiger partial charge in [0, 0.05) is 23.4 Å². The van der Waals surface area contributed by atoms with Crippen LogP contribution in [-0.4, -0.2) is 15.8 Å². The van der Waals surface area contributed by atoms with Gasteiger partial charge < -0.3 is 19.2 Å². The fourth-order valence-electron chi connectivity index (χ4n) is 2.94. The molecule has 2 aromatic carbocycles. The predicted molar refractivity (Wildman–Crippen MR) is 130 cm³/mol. The fourth-order valence-corrected chi connectivity index (χ4v) is 3.87. The molecule has 0 saturated carbocycles. The molecule has 0 aliphatic heterocycles. The summed E-state index contributed by atoms with van der Waals surface area (Å²) in [6, 6.07) is 13.1. The Morgan fingerprint density at radius 3 is 2.51 bits per heavy atom. The molecule has 12 heteroatoms. The van der Waals surface area contributed by atoms with E-state index in [0.29, 0.717) is 16.5 Å². The van der Waals surface area contributed by atoms with Gasteiger partial charge in [-0.15, -0.1) is 0 Å². The number of rotatable bonds is 8. The van der Waals surface area contributed by atoms with Crippen LogP contribution in [0.25, 0.3) is 0 Å². The van der Waals surface area contributed by atoms with Crippen molar-refractivity contribution < 1.29 is 23.6 Å². The standard InChI is InChI=1S/C23H14Cl3N3O6/c24-13-6-19(25)22(20(26)7-13)33-12-17-3-4-21(35-17)23(30)28-14-8-15(29(31)32)10-18(9-14)34-16-2-1-5-27-11-16/h1-11H,12H2,(H,28,30). The maximum Gasteiger partial charge on any atom is 0.291 e. The maximum absolute atomic E-state index is 12.7. The third-order valence-electron chi connectivity index (χ3n) is 4.44. The Morgan fingerprint density at radius 1 is 1.06 bits per heavy atom. The number of furan rings is 1. The number of hydrogen-bond donors (Lipinski definition) is 1. The van der Waals surface area contributed by atoms with Gasteiger partial charge in [0.25, 0.3) is 11.6 Å². The van der Waals surface area contributed by atoms with E-state index in [0.717, 1.165) is 0 Å². The number of ether oxygens (including phenoxy) is 2. The molecule has 178 valence electrons. The fraction of sp³-hybridized carbons (Fsp3) is 0.0435. The number of aromatic nitrogens is 1. The molecular formula is C23H14Cl3N3O6. The number of non-ortho nitro benzene ring substituents is 1. The van der Waals surface area contributed by atoms with E-state index < -0.39 is 10.8 Å². The molecule has 0 aliphatic carbocycles. The molecule has 0 atom stereocenters.